The predicted molar refractivity (Wildman–Crippen MR) is 65.3 cm³/mol. The van der Waals surface area contributed by atoms with Crippen molar-refractivity contribution in [2.45, 2.75) is 25.8 Å². The quantitative estimate of drug-likeness (QED) is 0.512. The van der Waals surface area contributed by atoms with Gasteiger partial charge in [-0.1, -0.05) is 0 Å². The van der Waals surface area contributed by atoms with Crippen LogP contribution in [-0.2, 0) is 14.3 Å². The van der Waals surface area contributed by atoms with Crippen LogP contribution in [0.15, 0.2) is 0 Å². The van der Waals surface area contributed by atoms with Gasteiger partial charge in [-0.15, -0.1) is 0 Å². The van der Waals surface area contributed by atoms with Crippen molar-refractivity contribution in [2.75, 3.05) is 19.8 Å². The van der Waals surface area contributed by atoms with Gasteiger partial charge in [-0.25, -0.2) is 9.59 Å². The highest BCUT2D eigenvalue weighted by Crippen LogP contribution is 2.19. The average Bonchev–Trinajstić information content (AvgIpc) is 2.76. The van der Waals surface area contributed by atoms with Crippen molar-refractivity contribution >= 4 is 17.9 Å². The molecule has 0 saturated carbocycles. The maximum atomic E-state index is 11.7. The first-order chi connectivity index (χ1) is 8.69. The third kappa shape index (κ3) is 3.57. The molecule has 0 radical (unpaired) electrons. The smallest absolute Gasteiger partial charge is 0.332 e. The minimum Gasteiger partial charge on any atom is -0.479 e. The molecule has 5 N–H and O–H groups in total. The lowest BCUT2D eigenvalue weighted by Gasteiger charge is -2.26. The molecule has 1 rings (SSSR count). The van der Waals surface area contributed by atoms with Crippen molar-refractivity contribution in [2.24, 2.45) is 11.1 Å². The number of hydrogen-bond acceptors (Lipinski definition) is 4. The van der Waals surface area contributed by atoms with E-state index in [4.69, 9.17) is 15.6 Å². The van der Waals surface area contributed by atoms with Crippen molar-refractivity contribution in [3.8, 4) is 0 Å². The number of amides is 3. The molecular weight excluding hydrogens is 254 g/mol. The maximum Gasteiger partial charge on any atom is 0.332 e. The molecule has 0 spiro atoms. The minimum absolute atomic E-state index is 0.0186. The predicted octanol–water partition coefficient (Wildman–Crippen LogP) is -0.959. The van der Waals surface area contributed by atoms with Crippen molar-refractivity contribution in [1.29, 1.82) is 0 Å². The highest BCUT2D eigenvalue weighted by atomic mass is 16.5. The van der Waals surface area contributed by atoms with Crippen LogP contribution < -0.4 is 16.4 Å². The Morgan fingerprint density at radius 2 is 2.05 bits per heavy atom. The van der Waals surface area contributed by atoms with Gasteiger partial charge < -0.3 is 26.2 Å². The van der Waals surface area contributed by atoms with Crippen LogP contribution in [0.4, 0.5) is 4.79 Å². The fourth-order valence-corrected chi connectivity index (χ4v) is 1.54. The molecule has 1 saturated heterocycles. The molecule has 1 atom stereocenters. The van der Waals surface area contributed by atoms with Gasteiger partial charge >= 0.3 is 12.0 Å². The molecule has 0 bridgehead atoms. The Morgan fingerprint density at radius 3 is 2.47 bits per heavy atom. The summed E-state index contributed by atoms with van der Waals surface area (Å²) in [7, 11) is 0. The number of rotatable bonds is 5. The number of carbonyl (C=O) groups excluding carboxylic acids is 2. The van der Waals surface area contributed by atoms with Crippen LogP contribution in [-0.4, -0.2) is 48.3 Å². The van der Waals surface area contributed by atoms with E-state index in [1.54, 1.807) is 13.8 Å². The van der Waals surface area contributed by atoms with Gasteiger partial charge in [-0.2, -0.15) is 0 Å². The van der Waals surface area contributed by atoms with E-state index in [1.165, 1.54) is 0 Å². The first kappa shape index (κ1) is 15.2. The van der Waals surface area contributed by atoms with Crippen LogP contribution in [0.5, 0.6) is 0 Å². The molecule has 3 amide bonds. The lowest BCUT2D eigenvalue weighted by Crippen LogP contribution is -2.58. The van der Waals surface area contributed by atoms with Crippen molar-refractivity contribution in [3.63, 3.8) is 0 Å². The molecule has 8 nitrogen and oxygen atoms in total. The number of urea groups is 1. The van der Waals surface area contributed by atoms with E-state index in [2.05, 4.69) is 10.6 Å². The average molecular weight is 273 g/mol. The Kier molecular flexibility index (Phi) is 4.35. The summed E-state index contributed by atoms with van der Waals surface area (Å²) in [5, 5.41) is 14.0. The molecular formula is C11H19N3O5. The van der Waals surface area contributed by atoms with E-state index in [9.17, 15) is 14.4 Å². The highest BCUT2D eigenvalue weighted by molar-refractivity contribution is 5.87. The van der Waals surface area contributed by atoms with Crippen LogP contribution in [0.1, 0.15) is 20.3 Å². The number of nitrogens with two attached hydrogens (primary N) is 1. The number of aliphatic carboxylic acids is 1. The number of carbonyl (C=O) groups is 3. The molecule has 1 fully saturated rings. The molecule has 1 heterocycles. The number of hydrogen-bond donors (Lipinski definition) is 4. The van der Waals surface area contributed by atoms with E-state index in [-0.39, 0.29) is 26.2 Å². The van der Waals surface area contributed by atoms with Gasteiger partial charge in [-0.05, 0) is 13.8 Å². The SMILES string of the molecule is CC(C)(CNC(=O)NC1(C(=O)O)CCOC1)C(N)=O. The molecule has 0 aromatic heterocycles. The molecule has 1 aliphatic rings. The summed E-state index contributed by atoms with van der Waals surface area (Å²) in [5.74, 6) is -1.70. The third-order valence-corrected chi connectivity index (χ3v) is 3.14. The van der Waals surface area contributed by atoms with E-state index in [0.29, 0.717) is 0 Å². The topological polar surface area (TPSA) is 131 Å². The highest BCUT2D eigenvalue weighted by Gasteiger charge is 2.44. The Hall–Kier alpha value is -1.83. The Labute approximate surface area is 110 Å². The normalized spacial score (nSPS) is 22.8. The monoisotopic (exact) mass is 273 g/mol. The van der Waals surface area contributed by atoms with Gasteiger partial charge in [0.25, 0.3) is 0 Å². The zero-order chi connectivity index (χ0) is 14.7. The summed E-state index contributed by atoms with van der Waals surface area (Å²) in [5.41, 5.74) is 2.86. The van der Waals surface area contributed by atoms with E-state index in [0.717, 1.165) is 0 Å². The third-order valence-electron chi connectivity index (χ3n) is 3.14. The van der Waals surface area contributed by atoms with Crippen LogP contribution >= 0.6 is 0 Å². The molecule has 1 unspecified atom stereocenters. The van der Waals surface area contributed by atoms with Crippen molar-refractivity contribution in [3.05, 3.63) is 0 Å². The second kappa shape index (κ2) is 5.43. The zero-order valence-corrected chi connectivity index (χ0v) is 11.0. The molecule has 0 aliphatic carbocycles. The second-order valence-electron chi connectivity index (χ2n) is 5.25. The van der Waals surface area contributed by atoms with Crippen LogP contribution in [0, 0.1) is 5.41 Å². The fraction of sp³-hybridized carbons (Fsp3) is 0.727. The Bertz CT molecular complexity index is 388. The first-order valence-electron chi connectivity index (χ1n) is 5.87. The summed E-state index contributed by atoms with van der Waals surface area (Å²) >= 11 is 0. The van der Waals surface area contributed by atoms with E-state index in [1.807, 2.05) is 0 Å². The Balaban J connectivity index is 2.55. The van der Waals surface area contributed by atoms with Gasteiger partial charge in [0.2, 0.25) is 5.91 Å². The fourth-order valence-electron chi connectivity index (χ4n) is 1.54. The Morgan fingerprint density at radius 1 is 1.42 bits per heavy atom. The summed E-state index contributed by atoms with van der Waals surface area (Å²) in [4.78, 5) is 33.9. The van der Waals surface area contributed by atoms with Crippen LogP contribution in [0.3, 0.4) is 0 Å². The first-order valence-corrected chi connectivity index (χ1v) is 5.87. The van der Waals surface area contributed by atoms with Gasteiger partial charge in [0, 0.05) is 19.6 Å². The van der Waals surface area contributed by atoms with Crippen LogP contribution in [0.2, 0.25) is 0 Å². The van der Waals surface area contributed by atoms with Crippen LogP contribution in [0.25, 0.3) is 0 Å². The minimum atomic E-state index is -1.40. The zero-order valence-electron chi connectivity index (χ0n) is 11.0. The molecule has 108 valence electrons. The summed E-state index contributed by atoms with van der Waals surface area (Å²) < 4.78 is 5.01. The van der Waals surface area contributed by atoms with Gasteiger partial charge in [0.15, 0.2) is 5.54 Å². The largest absolute Gasteiger partial charge is 0.479 e. The number of nitrogens with one attached hydrogen (secondary N) is 2. The van der Waals surface area contributed by atoms with Crippen molar-refractivity contribution in [1.82, 2.24) is 10.6 Å². The van der Waals surface area contributed by atoms with Crippen molar-refractivity contribution < 1.29 is 24.2 Å². The number of ether oxygens (including phenoxy) is 1. The second-order valence-corrected chi connectivity index (χ2v) is 5.25. The number of carboxylic acid groups (broad SMARTS) is 1. The van der Waals surface area contributed by atoms with E-state index < -0.39 is 28.9 Å². The van der Waals surface area contributed by atoms with Gasteiger partial charge in [-0.3, -0.25) is 4.79 Å². The van der Waals surface area contributed by atoms with Gasteiger partial charge in [0.1, 0.15) is 0 Å². The molecule has 8 heteroatoms. The lowest BCUT2D eigenvalue weighted by molar-refractivity contribution is -0.144. The molecule has 0 aromatic carbocycles. The van der Waals surface area contributed by atoms with E-state index >= 15 is 0 Å². The molecule has 1 aliphatic heterocycles. The lowest BCUT2D eigenvalue weighted by atomic mass is 9.93. The number of primary amides is 1. The molecule has 19 heavy (non-hydrogen) atoms. The summed E-state index contributed by atoms with van der Waals surface area (Å²) in [6.07, 6.45) is 0.203. The van der Waals surface area contributed by atoms with Gasteiger partial charge in [0.05, 0.1) is 12.0 Å². The summed E-state index contributed by atoms with van der Waals surface area (Å²) in [6.45, 7) is 3.39. The maximum absolute atomic E-state index is 11.7. The number of carboxylic acids is 1. The standard InChI is InChI=1S/C11H19N3O5/c1-10(2,7(12)15)5-13-9(18)14-11(8(16)17)3-4-19-6-11/h3-6H2,1-2H3,(H2,12,15)(H,16,17)(H2,13,14,18). The summed E-state index contributed by atoms with van der Waals surface area (Å²) in [6, 6.07) is -0.665. The molecule has 0 aromatic rings.